The first-order chi connectivity index (χ1) is 17.1. The Morgan fingerprint density at radius 3 is 2.51 bits per heavy atom. The second kappa shape index (κ2) is 10.8. The van der Waals surface area contributed by atoms with E-state index in [2.05, 4.69) is 20.8 Å². The molecule has 8 heteroatoms. The number of halogens is 1. The average molecular weight is 496 g/mol. The van der Waals surface area contributed by atoms with Crippen LogP contribution in [0.5, 0.6) is 5.75 Å². The van der Waals surface area contributed by atoms with E-state index in [1.165, 1.54) is 6.26 Å². The van der Waals surface area contributed by atoms with E-state index < -0.39 is 5.63 Å². The van der Waals surface area contributed by atoms with E-state index in [1.54, 1.807) is 0 Å². The van der Waals surface area contributed by atoms with Crippen LogP contribution in [0.2, 0.25) is 5.02 Å². The van der Waals surface area contributed by atoms with Crippen molar-refractivity contribution >= 4 is 17.3 Å². The van der Waals surface area contributed by atoms with Gasteiger partial charge in [-0.15, -0.1) is 0 Å². The SMILES string of the molecule is O=c1occ(CN2CCN(c3cccc(Cl)c3)CC2)c(O)c1CN1CCOC(c2ccccc2)C1. The van der Waals surface area contributed by atoms with Crippen LogP contribution in [0.15, 0.2) is 70.1 Å². The molecule has 2 aliphatic heterocycles. The molecule has 5 rings (SSSR count). The van der Waals surface area contributed by atoms with Gasteiger partial charge in [-0.3, -0.25) is 9.80 Å². The smallest absolute Gasteiger partial charge is 0.343 e. The van der Waals surface area contributed by atoms with Crippen LogP contribution in [0, 0.1) is 0 Å². The minimum atomic E-state index is -0.486. The molecular weight excluding hydrogens is 466 g/mol. The van der Waals surface area contributed by atoms with Gasteiger partial charge in [0.2, 0.25) is 0 Å². The summed E-state index contributed by atoms with van der Waals surface area (Å²) in [6, 6.07) is 18.0. The highest BCUT2D eigenvalue weighted by Crippen LogP contribution is 2.27. The van der Waals surface area contributed by atoms with E-state index in [9.17, 15) is 9.90 Å². The molecule has 2 fully saturated rings. The summed E-state index contributed by atoms with van der Waals surface area (Å²) in [5.74, 6) is 0.0428. The number of anilines is 1. The first-order valence-corrected chi connectivity index (χ1v) is 12.4. The largest absolute Gasteiger partial charge is 0.507 e. The Kier molecular flexibility index (Phi) is 7.39. The fourth-order valence-corrected chi connectivity index (χ4v) is 5.00. The third kappa shape index (κ3) is 5.70. The Morgan fingerprint density at radius 2 is 1.74 bits per heavy atom. The number of rotatable bonds is 6. The molecule has 1 N–H and O–H groups in total. The molecule has 2 saturated heterocycles. The lowest BCUT2D eigenvalue weighted by molar-refractivity contribution is -0.0334. The topological polar surface area (TPSA) is 69.4 Å². The second-order valence-electron chi connectivity index (χ2n) is 9.12. The zero-order chi connectivity index (χ0) is 24.2. The molecule has 0 aliphatic carbocycles. The third-order valence-electron chi connectivity index (χ3n) is 6.79. The van der Waals surface area contributed by atoms with Gasteiger partial charge in [0.15, 0.2) is 0 Å². The fourth-order valence-electron chi connectivity index (χ4n) is 4.81. The zero-order valence-corrected chi connectivity index (χ0v) is 20.4. The van der Waals surface area contributed by atoms with Gasteiger partial charge in [-0.1, -0.05) is 48.0 Å². The van der Waals surface area contributed by atoms with Crippen LogP contribution in [0.1, 0.15) is 22.8 Å². The summed E-state index contributed by atoms with van der Waals surface area (Å²) >= 11 is 6.14. The molecule has 0 bridgehead atoms. The van der Waals surface area contributed by atoms with Crippen molar-refractivity contribution in [3.8, 4) is 5.75 Å². The number of piperazine rings is 1. The molecule has 0 saturated carbocycles. The van der Waals surface area contributed by atoms with Crippen molar-refractivity contribution < 1.29 is 14.3 Å². The Morgan fingerprint density at radius 1 is 0.943 bits per heavy atom. The number of aromatic hydroxyl groups is 1. The van der Waals surface area contributed by atoms with Crippen LogP contribution < -0.4 is 10.5 Å². The number of ether oxygens (including phenoxy) is 1. The second-order valence-corrected chi connectivity index (χ2v) is 9.56. The predicted molar refractivity (Wildman–Crippen MR) is 136 cm³/mol. The van der Waals surface area contributed by atoms with Crippen molar-refractivity contribution in [2.24, 2.45) is 0 Å². The number of benzene rings is 2. The maximum atomic E-state index is 12.5. The molecule has 7 nitrogen and oxygen atoms in total. The molecule has 1 aromatic heterocycles. The van der Waals surface area contributed by atoms with E-state index in [4.69, 9.17) is 20.8 Å². The molecule has 3 aromatic rings. The lowest BCUT2D eigenvalue weighted by Gasteiger charge is -2.36. The molecule has 2 aliphatic rings. The summed E-state index contributed by atoms with van der Waals surface area (Å²) in [5, 5.41) is 11.7. The summed E-state index contributed by atoms with van der Waals surface area (Å²) in [4.78, 5) is 19.2. The average Bonchev–Trinajstić information content (AvgIpc) is 2.89. The van der Waals surface area contributed by atoms with Gasteiger partial charge >= 0.3 is 5.63 Å². The van der Waals surface area contributed by atoms with Crippen molar-refractivity contribution in [3.05, 3.63) is 93.0 Å². The van der Waals surface area contributed by atoms with Gasteiger partial charge in [0.25, 0.3) is 0 Å². The van der Waals surface area contributed by atoms with Gasteiger partial charge in [0, 0.05) is 68.6 Å². The third-order valence-corrected chi connectivity index (χ3v) is 7.02. The zero-order valence-electron chi connectivity index (χ0n) is 19.6. The normalized spacial score (nSPS) is 19.7. The van der Waals surface area contributed by atoms with Crippen molar-refractivity contribution in [1.29, 1.82) is 0 Å². The van der Waals surface area contributed by atoms with Gasteiger partial charge in [0.1, 0.15) is 12.0 Å². The molecule has 1 atom stereocenters. The number of morpholine rings is 1. The van der Waals surface area contributed by atoms with Crippen molar-refractivity contribution in [1.82, 2.24) is 9.80 Å². The fraction of sp³-hybridized carbons (Fsp3) is 0.370. The highest BCUT2D eigenvalue weighted by molar-refractivity contribution is 6.30. The lowest BCUT2D eigenvalue weighted by Crippen LogP contribution is -2.46. The quantitative estimate of drug-likeness (QED) is 0.556. The van der Waals surface area contributed by atoms with E-state index in [1.807, 2.05) is 48.5 Å². The van der Waals surface area contributed by atoms with Crippen LogP contribution in [0.4, 0.5) is 5.69 Å². The molecule has 3 heterocycles. The van der Waals surface area contributed by atoms with E-state index in [0.717, 1.165) is 42.5 Å². The molecule has 0 spiro atoms. The Hall–Kier alpha value is -2.84. The molecule has 2 aromatic carbocycles. The van der Waals surface area contributed by atoms with Crippen molar-refractivity contribution in [3.63, 3.8) is 0 Å². The van der Waals surface area contributed by atoms with E-state index in [0.29, 0.717) is 43.9 Å². The van der Waals surface area contributed by atoms with Crippen LogP contribution in [-0.4, -0.2) is 60.8 Å². The number of hydrogen-bond donors (Lipinski definition) is 1. The lowest BCUT2D eigenvalue weighted by atomic mass is 10.1. The van der Waals surface area contributed by atoms with Crippen LogP contribution in [0.25, 0.3) is 0 Å². The summed E-state index contributed by atoms with van der Waals surface area (Å²) in [5.41, 5.74) is 2.70. The van der Waals surface area contributed by atoms with Crippen LogP contribution in [0.3, 0.4) is 0 Å². The van der Waals surface area contributed by atoms with E-state index >= 15 is 0 Å². The maximum absolute atomic E-state index is 12.5. The van der Waals surface area contributed by atoms with Crippen LogP contribution in [-0.2, 0) is 17.8 Å². The summed E-state index contributed by atoms with van der Waals surface area (Å²) in [6.07, 6.45) is 1.34. The van der Waals surface area contributed by atoms with Gasteiger partial charge in [-0.25, -0.2) is 4.79 Å². The summed E-state index contributed by atoms with van der Waals surface area (Å²) in [6.45, 7) is 6.17. The van der Waals surface area contributed by atoms with Crippen molar-refractivity contribution in [2.45, 2.75) is 19.2 Å². The maximum Gasteiger partial charge on any atom is 0.343 e. The molecule has 184 valence electrons. The van der Waals surface area contributed by atoms with Gasteiger partial charge in [-0.2, -0.15) is 0 Å². The minimum Gasteiger partial charge on any atom is -0.507 e. The minimum absolute atomic E-state index is 0.0428. The number of hydrogen-bond acceptors (Lipinski definition) is 7. The highest BCUT2D eigenvalue weighted by atomic mass is 35.5. The Balaban J connectivity index is 1.23. The highest BCUT2D eigenvalue weighted by Gasteiger charge is 2.26. The molecule has 1 unspecified atom stereocenters. The summed E-state index contributed by atoms with van der Waals surface area (Å²) in [7, 11) is 0. The molecular formula is C27H30ClN3O4. The first kappa shape index (κ1) is 23.9. The number of nitrogens with zero attached hydrogens (tertiary/aromatic N) is 3. The monoisotopic (exact) mass is 495 g/mol. The predicted octanol–water partition coefficient (Wildman–Crippen LogP) is 3.89. The first-order valence-electron chi connectivity index (χ1n) is 12.0. The van der Waals surface area contributed by atoms with Crippen molar-refractivity contribution in [2.75, 3.05) is 50.8 Å². The van der Waals surface area contributed by atoms with E-state index in [-0.39, 0.29) is 11.9 Å². The summed E-state index contributed by atoms with van der Waals surface area (Å²) < 4.78 is 11.3. The molecule has 35 heavy (non-hydrogen) atoms. The van der Waals surface area contributed by atoms with Gasteiger partial charge < -0.3 is 19.2 Å². The standard InChI is InChI=1S/C27H30ClN3O4/c28-22-7-4-8-23(15-22)31-11-9-29(10-12-31)16-21-19-35-27(33)24(26(21)32)17-30-13-14-34-25(18-30)20-5-2-1-3-6-20/h1-8,15,19,25,32H,9-14,16-18H2. The molecule has 0 radical (unpaired) electrons. The van der Waals surface area contributed by atoms with Gasteiger partial charge in [-0.05, 0) is 23.8 Å². The Labute approximate surface area is 210 Å². The molecule has 0 amide bonds. The Bertz CT molecular complexity index is 1190. The van der Waals surface area contributed by atoms with Crippen LogP contribution >= 0.6 is 11.6 Å². The van der Waals surface area contributed by atoms with Gasteiger partial charge in [0.05, 0.1) is 18.3 Å².